The number of nitrogens with one attached hydrogen (secondary N) is 2. The Kier molecular flexibility index (Phi) is 4.34. The molecule has 6 nitrogen and oxygen atoms in total. The fourth-order valence-corrected chi connectivity index (χ4v) is 2.13. The molecule has 2 amide bonds. The van der Waals surface area contributed by atoms with E-state index in [1.54, 1.807) is 12.1 Å². The molecule has 0 spiro atoms. The minimum absolute atomic E-state index is 0.180. The van der Waals surface area contributed by atoms with Crippen LogP contribution in [0.25, 0.3) is 0 Å². The van der Waals surface area contributed by atoms with E-state index in [-0.39, 0.29) is 12.3 Å². The lowest BCUT2D eigenvalue weighted by Crippen LogP contribution is -2.49. The first-order chi connectivity index (χ1) is 9.56. The largest absolute Gasteiger partial charge is 0.480 e. The lowest BCUT2D eigenvalue weighted by Gasteiger charge is -2.17. The summed E-state index contributed by atoms with van der Waals surface area (Å²) in [6, 6.07) is 7.45. The highest BCUT2D eigenvalue weighted by Gasteiger charge is 2.30. The summed E-state index contributed by atoms with van der Waals surface area (Å²) in [4.78, 5) is 34.2. The number of rotatable bonds is 5. The van der Waals surface area contributed by atoms with Crippen molar-refractivity contribution in [3.8, 4) is 0 Å². The molecule has 20 heavy (non-hydrogen) atoms. The Balaban J connectivity index is 1.97. The Morgan fingerprint density at radius 3 is 2.60 bits per heavy atom. The first kappa shape index (κ1) is 14.0. The molecule has 6 heteroatoms. The van der Waals surface area contributed by atoms with Gasteiger partial charge in [0.15, 0.2) is 0 Å². The second kappa shape index (κ2) is 6.18. The highest BCUT2D eigenvalue weighted by Crippen LogP contribution is 2.08. The minimum Gasteiger partial charge on any atom is -0.480 e. The molecule has 106 valence electrons. The molecule has 0 aliphatic carbocycles. The van der Waals surface area contributed by atoms with Crippen molar-refractivity contribution < 1.29 is 19.5 Å². The van der Waals surface area contributed by atoms with Gasteiger partial charge in [0, 0.05) is 12.8 Å². The van der Waals surface area contributed by atoms with Crippen LogP contribution >= 0.6 is 0 Å². The summed E-state index contributed by atoms with van der Waals surface area (Å²) in [7, 11) is 0. The van der Waals surface area contributed by atoms with Gasteiger partial charge in [-0.3, -0.25) is 9.59 Å². The molecule has 1 fully saturated rings. The van der Waals surface area contributed by atoms with Gasteiger partial charge in [0.1, 0.15) is 12.1 Å². The number of benzene rings is 1. The Morgan fingerprint density at radius 1 is 1.35 bits per heavy atom. The van der Waals surface area contributed by atoms with E-state index in [0.29, 0.717) is 12.8 Å². The second-order valence-corrected chi connectivity index (χ2v) is 4.75. The molecule has 1 saturated heterocycles. The highest BCUT2D eigenvalue weighted by molar-refractivity contribution is 5.92. The molecule has 3 N–H and O–H groups in total. The zero-order valence-corrected chi connectivity index (χ0v) is 10.8. The fraction of sp³-hybridized carbons (Fsp3) is 0.357. The number of carboxylic acid groups (broad SMARTS) is 1. The van der Waals surface area contributed by atoms with Gasteiger partial charge in [-0.05, 0) is 12.0 Å². The summed E-state index contributed by atoms with van der Waals surface area (Å²) in [5, 5.41) is 14.2. The highest BCUT2D eigenvalue weighted by atomic mass is 16.4. The SMILES string of the molecule is O=C1CC[C@@H](C(=O)N[C@H](Cc2ccccc2)C(=O)O)N1. The van der Waals surface area contributed by atoms with Crippen molar-refractivity contribution in [1.29, 1.82) is 0 Å². The van der Waals surface area contributed by atoms with Gasteiger partial charge in [0.2, 0.25) is 11.8 Å². The zero-order chi connectivity index (χ0) is 14.5. The first-order valence-corrected chi connectivity index (χ1v) is 6.42. The van der Waals surface area contributed by atoms with E-state index in [1.165, 1.54) is 0 Å². The molecule has 0 unspecified atom stereocenters. The molecular weight excluding hydrogens is 260 g/mol. The quantitative estimate of drug-likeness (QED) is 0.709. The molecule has 0 saturated carbocycles. The predicted octanol–water partition coefficient (Wildman–Crippen LogP) is 0.0771. The van der Waals surface area contributed by atoms with Crippen LogP contribution in [0.3, 0.4) is 0 Å². The number of carboxylic acids is 1. The number of carbonyl (C=O) groups excluding carboxylic acids is 2. The van der Waals surface area contributed by atoms with Crippen molar-refractivity contribution >= 4 is 17.8 Å². The molecule has 1 aliphatic heterocycles. The van der Waals surface area contributed by atoms with Gasteiger partial charge in [-0.2, -0.15) is 0 Å². The number of carbonyl (C=O) groups is 3. The molecular formula is C14H16N2O4. The van der Waals surface area contributed by atoms with Gasteiger partial charge in [-0.1, -0.05) is 30.3 Å². The van der Waals surface area contributed by atoms with E-state index in [4.69, 9.17) is 0 Å². The number of aliphatic carboxylic acids is 1. The van der Waals surface area contributed by atoms with Crippen LogP contribution in [0, 0.1) is 0 Å². The molecule has 1 aliphatic rings. The lowest BCUT2D eigenvalue weighted by molar-refractivity contribution is -0.142. The van der Waals surface area contributed by atoms with Gasteiger partial charge >= 0.3 is 5.97 Å². The molecule has 1 heterocycles. The van der Waals surface area contributed by atoms with Crippen molar-refractivity contribution in [3.05, 3.63) is 35.9 Å². The Morgan fingerprint density at radius 2 is 2.05 bits per heavy atom. The standard InChI is InChI=1S/C14H16N2O4/c17-12-7-6-10(15-12)13(18)16-11(14(19)20)8-9-4-2-1-3-5-9/h1-5,10-11H,6-8H2,(H,15,17)(H,16,18)(H,19,20)/t10-,11+/m0/s1. The van der Waals surface area contributed by atoms with Gasteiger partial charge in [0.05, 0.1) is 0 Å². The molecule has 2 atom stereocenters. The number of hydrogen-bond acceptors (Lipinski definition) is 3. The summed E-state index contributed by atoms with van der Waals surface area (Å²) >= 11 is 0. The smallest absolute Gasteiger partial charge is 0.326 e. The van der Waals surface area contributed by atoms with E-state index in [9.17, 15) is 19.5 Å². The van der Waals surface area contributed by atoms with Crippen LogP contribution in [0.2, 0.25) is 0 Å². The Hall–Kier alpha value is -2.37. The summed E-state index contributed by atoms with van der Waals surface area (Å²) in [6.45, 7) is 0. The third kappa shape index (κ3) is 3.57. The number of hydrogen-bond donors (Lipinski definition) is 3. The van der Waals surface area contributed by atoms with E-state index >= 15 is 0 Å². The Bertz CT molecular complexity index is 515. The van der Waals surface area contributed by atoms with Crippen LogP contribution in [0.5, 0.6) is 0 Å². The van der Waals surface area contributed by atoms with Gasteiger partial charge < -0.3 is 15.7 Å². The second-order valence-electron chi connectivity index (χ2n) is 4.75. The van der Waals surface area contributed by atoms with Crippen LogP contribution in [-0.2, 0) is 20.8 Å². The third-order valence-corrected chi connectivity index (χ3v) is 3.21. The topological polar surface area (TPSA) is 95.5 Å². The van der Waals surface area contributed by atoms with Crippen LogP contribution in [0.4, 0.5) is 0 Å². The predicted molar refractivity (Wildman–Crippen MR) is 70.9 cm³/mol. The van der Waals surface area contributed by atoms with E-state index in [0.717, 1.165) is 5.56 Å². The summed E-state index contributed by atoms with van der Waals surface area (Å²) in [5.41, 5.74) is 0.829. The first-order valence-electron chi connectivity index (χ1n) is 6.42. The fourth-order valence-electron chi connectivity index (χ4n) is 2.13. The average Bonchev–Trinajstić information content (AvgIpc) is 2.86. The van der Waals surface area contributed by atoms with Crippen LogP contribution < -0.4 is 10.6 Å². The maximum atomic E-state index is 11.9. The van der Waals surface area contributed by atoms with Gasteiger partial charge in [0.25, 0.3) is 0 Å². The van der Waals surface area contributed by atoms with Crippen molar-refractivity contribution in [1.82, 2.24) is 10.6 Å². The van der Waals surface area contributed by atoms with Crippen molar-refractivity contribution in [3.63, 3.8) is 0 Å². The summed E-state index contributed by atoms with van der Waals surface area (Å²) < 4.78 is 0. The van der Waals surface area contributed by atoms with Crippen molar-refractivity contribution in [2.24, 2.45) is 0 Å². The summed E-state index contributed by atoms with van der Waals surface area (Å²) in [6.07, 6.45) is 0.916. The van der Waals surface area contributed by atoms with E-state index < -0.39 is 24.0 Å². The van der Waals surface area contributed by atoms with Crippen LogP contribution in [-0.4, -0.2) is 35.0 Å². The molecule has 1 aromatic carbocycles. The number of amides is 2. The van der Waals surface area contributed by atoms with E-state index in [2.05, 4.69) is 10.6 Å². The van der Waals surface area contributed by atoms with Gasteiger partial charge in [-0.25, -0.2) is 4.79 Å². The molecule has 0 bridgehead atoms. The molecule has 2 rings (SSSR count). The van der Waals surface area contributed by atoms with Crippen molar-refractivity contribution in [2.75, 3.05) is 0 Å². The van der Waals surface area contributed by atoms with Crippen LogP contribution in [0.15, 0.2) is 30.3 Å². The average molecular weight is 276 g/mol. The molecule has 0 radical (unpaired) electrons. The maximum Gasteiger partial charge on any atom is 0.326 e. The maximum absolute atomic E-state index is 11.9. The zero-order valence-electron chi connectivity index (χ0n) is 10.8. The monoisotopic (exact) mass is 276 g/mol. The van der Waals surface area contributed by atoms with E-state index in [1.807, 2.05) is 18.2 Å². The van der Waals surface area contributed by atoms with Crippen LogP contribution in [0.1, 0.15) is 18.4 Å². The summed E-state index contributed by atoms with van der Waals surface area (Å²) in [5.74, 6) is -1.72. The minimum atomic E-state index is -1.09. The normalized spacial score (nSPS) is 19.2. The Labute approximate surface area is 116 Å². The third-order valence-electron chi connectivity index (χ3n) is 3.21. The van der Waals surface area contributed by atoms with Crippen molar-refractivity contribution in [2.45, 2.75) is 31.3 Å². The lowest BCUT2D eigenvalue weighted by atomic mass is 10.1. The van der Waals surface area contributed by atoms with Gasteiger partial charge in [-0.15, -0.1) is 0 Å². The molecule has 1 aromatic rings. The molecule has 0 aromatic heterocycles.